The molecule has 0 fully saturated rings. The summed E-state index contributed by atoms with van der Waals surface area (Å²) in [6, 6.07) is 13.4. The Bertz CT molecular complexity index is 1150. The number of ether oxygens (including phenoxy) is 2. The lowest BCUT2D eigenvalue weighted by molar-refractivity contribution is -0.142. The van der Waals surface area contributed by atoms with Crippen LogP contribution in [-0.4, -0.2) is 56.6 Å². The van der Waals surface area contributed by atoms with Crippen molar-refractivity contribution >= 4 is 33.5 Å². The molecule has 1 unspecified atom stereocenters. The average Bonchev–Trinajstić information content (AvgIpc) is 2.82. The van der Waals surface area contributed by atoms with Gasteiger partial charge in [-0.05, 0) is 38.5 Å². The van der Waals surface area contributed by atoms with Crippen LogP contribution >= 0.6 is 0 Å². The molecule has 11 heteroatoms. The highest BCUT2D eigenvalue weighted by Gasteiger charge is 2.39. The van der Waals surface area contributed by atoms with Gasteiger partial charge in [0, 0.05) is 0 Å². The van der Waals surface area contributed by atoms with E-state index in [4.69, 9.17) is 4.74 Å². The van der Waals surface area contributed by atoms with Gasteiger partial charge >= 0.3 is 12.1 Å². The lowest BCUT2D eigenvalue weighted by Gasteiger charge is -2.27. The summed E-state index contributed by atoms with van der Waals surface area (Å²) in [4.78, 5) is 24.1. The van der Waals surface area contributed by atoms with Crippen molar-refractivity contribution in [2.75, 3.05) is 14.2 Å². The van der Waals surface area contributed by atoms with E-state index < -0.39 is 28.1 Å². The fourth-order valence-electron chi connectivity index (χ4n) is 2.73. The van der Waals surface area contributed by atoms with E-state index in [1.54, 1.807) is 43.3 Å². The predicted octanol–water partition coefficient (Wildman–Crippen LogP) is 2.68. The SMILES string of the molecule is COC(=O)N/N=C(\C)C(C(=O)OC)N(/N=C(\C)c1ccccc1)S(=O)(=O)c1ccc(C)cc1. The van der Waals surface area contributed by atoms with Gasteiger partial charge in [0.2, 0.25) is 6.04 Å². The van der Waals surface area contributed by atoms with Crippen LogP contribution < -0.4 is 5.43 Å². The molecule has 0 aliphatic heterocycles. The van der Waals surface area contributed by atoms with E-state index in [0.717, 1.165) is 19.8 Å². The molecule has 2 rings (SSSR count). The van der Waals surface area contributed by atoms with Gasteiger partial charge in [-0.15, -0.1) is 0 Å². The third kappa shape index (κ3) is 6.39. The van der Waals surface area contributed by atoms with E-state index in [1.807, 2.05) is 13.0 Å². The molecule has 0 aromatic heterocycles. The Morgan fingerprint density at radius 1 is 0.970 bits per heavy atom. The maximum atomic E-state index is 13.6. The van der Waals surface area contributed by atoms with Crippen molar-refractivity contribution in [2.45, 2.75) is 31.7 Å². The van der Waals surface area contributed by atoms with Crippen molar-refractivity contribution in [3.63, 3.8) is 0 Å². The average molecular weight is 475 g/mol. The fraction of sp³-hybridized carbons (Fsp3) is 0.273. The Balaban J connectivity index is 2.70. The second-order valence-electron chi connectivity index (χ2n) is 6.92. The molecule has 0 heterocycles. The van der Waals surface area contributed by atoms with Gasteiger partial charge in [0.15, 0.2) is 0 Å². The minimum atomic E-state index is -4.34. The largest absolute Gasteiger partial charge is 0.467 e. The number of sulfonamides is 1. The second kappa shape index (κ2) is 11.2. The molecule has 1 atom stereocenters. The molecular formula is C22H26N4O6S. The van der Waals surface area contributed by atoms with Crippen molar-refractivity contribution < 1.29 is 27.5 Å². The number of hydrazone groups is 2. The number of rotatable bonds is 8. The molecular weight excluding hydrogens is 448 g/mol. The minimum absolute atomic E-state index is 0.0830. The Labute approximate surface area is 192 Å². The molecule has 176 valence electrons. The summed E-state index contributed by atoms with van der Waals surface area (Å²) in [5.41, 5.74) is 3.82. The van der Waals surface area contributed by atoms with E-state index in [-0.39, 0.29) is 10.6 Å². The first kappa shape index (κ1) is 25.5. The summed E-state index contributed by atoms with van der Waals surface area (Å²) in [6.45, 7) is 4.79. The molecule has 0 aliphatic rings. The van der Waals surface area contributed by atoms with Crippen molar-refractivity contribution in [2.24, 2.45) is 10.2 Å². The number of esters is 1. The monoisotopic (exact) mass is 474 g/mol. The number of methoxy groups -OCH3 is 2. The molecule has 0 saturated heterocycles. The number of hydrogen-bond acceptors (Lipinski definition) is 8. The van der Waals surface area contributed by atoms with E-state index in [0.29, 0.717) is 15.7 Å². The molecule has 1 amide bonds. The molecule has 2 aromatic rings. The van der Waals surface area contributed by atoms with Crippen molar-refractivity contribution in [1.29, 1.82) is 0 Å². The summed E-state index contributed by atoms with van der Waals surface area (Å²) < 4.78 is 37.2. The number of aryl methyl sites for hydroxylation is 1. The molecule has 10 nitrogen and oxygen atoms in total. The maximum Gasteiger partial charge on any atom is 0.427 e. The first-order valence-electron chi connectivity index (χ1n) is 9.79. The molecule has 0 saturated carbocycles. The number of carbonyl (C=O) groups excluding carboxylic acids is 2. The number of nitrogens with one attached hydrogen (secondary N) is 1. The van der Waals surface area contributed by atoms with E-state index in [9.17, 15) is 18.0 Å². The number of carbonyl (C=O) groups is 2. The number of benzene rings is 2. The van der Waals surface area contributed by atoms with Crippen LogP contribution in [0.2, 0.25) is 0 Å². The molecule has 1 N–H and O–H groups in total. The van der Waals surface area contributed by atoms with Crippen molar-refractivity contribution in [1.82, 2.24) is 9.84 Å². The molecule has 33 heavy (non-hydrogen) atoms. The van der Waals surface area contributed by atoms with Crippen LogP contribution in [0.1, 0.15) is 25.0 Å². The van der Waals surface area contributed by atoms with E-state index >= 15 is 0 Å². The fourth-order valence-corrected chi connectivity index (χ4v) is 4.17. The van der Waals surface area contributed by atoms with Crippen LogP contribution in [-0.2, 0) is 24.3 Å². The zero-order chi connectivity index (χ0) is 24.6. The zero-order valence-electron chi connectivity index (χ0n) is 19.0. The second-order valence-corrected chi connectivity index (χ2v) is 8.72. The Morgan fingerprint density at radius 2 is 1.58 bits per heavy atom. The van der Waals surface area contributed by atoms with Gasteiger partial charge in [0.25, 0.3) is 10.0 Å². The van der Waals surface area contributed by atoms with Gasteiger partial charge in [-0.2, -0.15) is 23.0 Å². The zero-order valence-corrected chi connectivity index (χ0v) is 19.8. The number of nitrogens with zero attached hydrogens (tertiary/aromatic N) is 3. The topological polar surface area (TPSA) is 127 Å². The van der Waals surface area contributed by atoms with Crippen LogP contribution in [0.5, 0.6) is 0 Å². The molecule has 0 spiro atoms. The summed E-state index contributed by atoms with van der Waals surface area (Å²) >= 11 is 0. The van der Waals surface area contributed by atoms with Crippen LogP contribution in [0, 0.1) is 6.92 Å². The highest BCUT2D eigenvalue weighted by Crippen LogP contribution is 2.22. The van der Waals surface area contributed by atoms with E-state index in [1.165, 1.54) is 19.1 Å². The van der Waals surface area contributed by atoms with Gasteiger partial charge in [-0.25, -0.2) is 15.0 Å². The smallest absolute Gasteiger partial charge is 0.427 e. The van der Waals surface area contributed by atoms with Gasteiger partial charge in [-0.1, -0.05) is 48.0 Å². The number of hydrogen-bond donors (Lipinski definition) is 1. The maximum absolute atomic E-state index is 13.6. The van der Waals surface area contributed by atoms with Gasteiger partial charge in [-0.3, -0.25) is 0 Å². The Morgan fingerprint density at radius 3 is 2.12 bits per heavy atom. The third-order valence-electron chi connectivity index (χ3n) is 4.56. The molecule has 0 bridgehead atoms. The first-order valence-corrected chi connectivity index (χ1v) is 11.2. The highest BCUT2D eigenvalue weighted by molar-refractivity contribution is 7.89. The molecule has 0 radical (unpaired) electrons. The third-order valence-corrected chi connectivity index (χ3v) is 6.21. The standard InChI is InChI=1S/C22H26N4O6S/c1-15-11-13-19(14-12-15)33(29,30)26(25-16(2)18-9-7-6-8-10-18)20(21(27)31-4)17(3)23-24-22(28)32-5/h6-14,20H,1-5H3,(H,24,28)/b23-17+,25-16+. The quantitative estimate of drug-likeness (QED) is 0.356. The van der Waals surface area contributed by atoms with Gasteiger partial charge in [0.1, 0.15) is 0 Å². The van der Waals surface area contributed by atoms with Gasteiger partial charge < -0.3 is 9.47 Å². The summed E-state index contributed by atoms with van der Waals surface area (Å²) in [5.74, 6) is -0.941. The van der Waals surface area contributed by atoms with Crippen LogP contribution in [0.3, 0.4) is 0 Å². The molecule has 0 aliphatic carbocycles. The summed E-state index contributed by atoms with van der Waals surface area (Å²) in [6.07, 6.45) is -0.894. The molecule has 2 aromatic carbocycles. The highest BCUT2D eigenvalue weighted by atomic mass is 32.2. The normalized spacial score (nSPS) is 13.1. The van der Waals surface area contributed by atoms with Crippen LogP contribution in [0.4, 0.5) is 4.79 Å². The lowest BCUT2D eigenvalue weighted by Crippen LogP contribution is -2.47. The minimum Gasteiger partial charge on any atom is -0.467 e. The van der Waals surface area contributed by atoms with Crippen LogP contribution in [0.15, 0.2) is 69.7 Å². The predicted molar refractivity (Wildman–Crippen MR) is 123 cm³/mol. The van der Waals surface area contributed by atoms with E-state index in [2.05, 4.69) is 20.4 Å². The Hall–Kier alpha value is -3.73. The van der Waals surface area contributed by atoms with Crippen LogP contribution in [0.25, 0.3) is 0 Å². The van der Waals surface area contributed by atoms with Crippen molar-refractivity contribution in [3.05, 3.63) is 65.7 Å². The first-order chi connectivity index (χ1) is 15.6. The lowest BCUT2D eigenvalue weighted by atomic mass is 10.1. The summed E-state index contributed by atoms with van der Waals surface area (Å²) in [5, 5.41) is 8.09. The van der Waals surface area contributed by atoms with Gasteiger partial charge in [0.05, 0.1) is 30.5 Å². The Kier molecular flexibility index (Phi) is 8.69. The summed E-state index contributed by atoms with van der Waals surface area (Å²) in [7, 11) is -2.09. The van der Waals surface area contributed by atoms with Crippen molar-refractivity contribution in [3.8, 4) is 0 Å². The number of amides is 1.